The van der Waals surface area contributed by atoms with E-state index in [-0.39, 0.29) is 15.7 Å². The lowest BCUT2D eigenvalue weighted by Crippen LogP contribution is -2.25. The van der Waals surface area contributed by atoms with Crippen molar-refractivity contribution >= 4 is 74.9 Å². The van der Waals surface area contributed by atoms with Gasteiger partial charge in [-0.05, 0) is 66.0 Å². The maximum atomic E-state index is 14.7. The largest absolute Gasteiger partial charge is 0.398 e. The molecule has 0 saturated carbocycles. The van der Waals surface area contributed by atoms with E-state index in [0.29, 0.717) is 0 Å². The van der Waals surface area contributed by atoms with Crippen LogP contribution < -0.4 is 11.1 Å². The number of anilines is 2. The lowest BCUT2D eigenvalue weighted by Gasteiger charge is -2.51. The van der Waals surface area contributed by atoms with Crippen LogP contribution in [0.2, 0.25) is 0 Å². The normalized spacial score (nSPS) is 14.7. The summed E-state index contributed by atoms with van der Waals surface area (Å²) >= 11 is 8.15. The first-order valence-corrected chi connectivity index (χ1v) is 12.3. The molecule has 0 bridgehead atoms. The second-order valence-electron chi connectivity index (χ2n) is 6.21. The van der Waals surface area contributed by atoms with E-state index >= 15 is 0 Å². The van der Waals surface area contributed by atoms with E-state index in [9.17, 15) is 33.5 Å². The third-order valence-corrected chi connectivity index (χ3v) is 8.75. The number of para-hydroxylation sites is 1. The average Bonchev–Trinajstić information content (AvgIpc) is 2.55. The van der Waals surface area contributed by atoms with Crippen molar-refractivity contribution in [3.63, 3.8) is 0 Å². The molecule has 0 aliphatic heterocycles. The van der Waals surface area contributed by atoms with Gasteiger partial charge in [-0.25, -0.2) is 0 Å². The summed E-state index contributed by atoms with van der Waals surface area (Å²) in [5.74, 6) is -3.62. The molecule has 0 atom stereocenters. The van der Waals surface area contributed by atoms with E-state index in [2.05, 4.69) is 53.1 Å². The molecule has 14 heteroatoms. The Labute approximate surface area is 191 Å². The van der Waals surface area contributed by atoms with Crippen molar-refractivity contribution in [2.24, 2.45) is 0 Å². The van der Waals surface area contributed by atoms with Crippen molar-refractivity contribution in [3.05, 3.63) is 49.3 Å². The van der Waals surface area contributed by atoms with Crippen LogP contribution in [-0.4, -0.2) is 17.8 Å². The minimum Gasteiger partial charge on any atom is -0.398 e. The molecule has 0 spiro atoms. The fourth-order valence-corrected chi connectivity index (χ4v) is 8.72. The van der Waals surface area contributed by atoms with Crippen LogP contribution in [0.3, 0.4) is 0 Å². The number of nitrogens with one attached hydrogen (secondary N) is 1. The molecular formula is C16H12Br3F7N2OS. The van der Waals surface area contributed by atoms with E-state index in [1.54, 1.807) is 0 Å². The van der Waals surface area contributed by atoms with Crippen LogP contribution in [0.5, 0.6) is 0 Å². The van der Waals surface area contributed by atoms with Crippen LogP contribution in [0.25, 0.3) is 0 Å². The molecule has 3 nitrogen and oxygen atoms in total. The van der Waals surface area contributed by atoms with Gasteiger partial charge in [-0.1, -0.05) is 12.1 Å². The molecule has 1 amide bonds. The number of hydrogen-bond acceptors (Lipinski definition) is 2. The zero-order valence-corrected chi connectivity index (χ0v) is 20.0. The van der Waals surface area contributed by atoms with Gasteiger partial charge in [0.05, 0.1) is 27.9 Å². The zero-order chi connectivity index (χ0) is 23.2. The number of benzene rings is 2. The molecule has 2 rings (SSSR count). The summed E-state index contributed by atoms with van der Waals surface area (Å²) in [6.07, 6.45) is -7.62. The summed E-state index contributed by atoms with van der Waals surface area (Å²) in [6, 6.07) is 6.48. The van der Waals surface area contributed by atoms with Gasteiger partial charge in [-0.3, -0.25) is 4.79 Å². The number of carbonyl (C=O) groups excluding carboxylic acids is 1. The second-order valence-corrected chi connectivity index (χ2v) is 12.0. The highest BCUT2D eigenvalue weighted by atomic mass is 79.9. The van der Waals surface area contributed by atoms with Gasteiger partial charge >= 0.3 is 6.18 Å². The van der Waals surface area contributed by atoms with E-state index in [4.69, 9.17) is 5.73 Å². The number of halogens is 10. The van der Waals surface area contributed by atoms with Crippen molar-refractivity contribution in [3.8, 4) is 0 Å². The second kappa shape index (κ2) is 7.55. The van der Waals surface area contributed by atoms with E-state index in [1.165, 1.54) is 24.3 Å². The fraction of sp³-hybridized carbons (Fsp3) is 0.188. The van der Waals surface area contributed by atoms with Gasteiger partial charge in [0.25, 0.3) is 5.91 Å². The lowest BCUT2D eigenvalue weighted by atomic mass is 10.1. The van der Waals surface area contributed by atoms with Gasteiger partial charge in [-0.15, -0.1) is 15.5 Å². The number of nitrogens with two attached hydrogens (primary N) is 1. The monoisotopic (exact) mass is 650 g/mol. The molecule has 0 aromatic heterocycles. The Hall–Kier alpha value is -0.990. The predicted molar refractivity (Wildman–Crippen MR) is 114 cm³/mol. The van der Waals surface area contributed by atoms with E-state index in [1.807, 2.05) is 0 Å². The molecule has 3 N–H and O–H groups in total. The first-order valence-electron chi connectivity index (χ1n) is 7.74. The van der Waals surface area contributed by atoms with Crippen LogP contribution in [0, 0.1) is 0 Å². The van der Waals surface area contributed by atoms with Gasteiger partial charge in [0.2, 0.25) is 0 Å². The Morgan fingerprint density at radius 3 is 2.13 bits per heavy atom. The quantitative estimate of drug-likeness (QED) is 0.251. The van der Waals surface area contributed by atoms with Crippen LogP contribution >= 0.6 is 57.6 Å². The highest BCUT2D eigenvalue weighted by Crippen LogP contribution is 3.02. The summed E-state index contributed by atoms with van der Waals surface area (Å²) in [6.45, 7) is 0. The predicted octanol–water partition coefficient (Wildman–Crippen LogP) is 8.53. The summed E-state index contributed by atoms with van der Waals surface area (Å²) in [4.78, 5) is 10.5. The maximum absolute atomic E-state index is 14.7. The van der Waals surface area contributed by atoms with Crippen molar-refractivity contribution in [1.82, 2.24) is 0 Å². The van der Waals surface area contributed by atoms with Crippen molar-refractivity contribution in [2.75, 3.05) is 16.8 Å². The van der Waals surface area contributed by atoms with Crippen molar-refractivity contribution in [2.45, 2.75) is 17.5 Å². The van der Waals surface area contributed by atoms with Crippen LogP contribution in [0.15, 0.2) is 48.6 Å². The molecule has 2 aromatic carbocycles. The highest BCUT2D eigenvalue weighted by Gasteiger charge is 2.67. The van der Waals surface area contributed by atoms with Crippen molar-refractivity contribution < 1.29 is 33.5 Å². The van der Waals surface area contributed by atoms with Crippen LogP contribution in [0.4, 0.5) is 40.1 Å². The third-order valence-electron chi connectivity index (χ3n) is 3.82. The number of carbonyl (C=O) groups is 1. The van der Waals surface area contributed by atoms with Gasteiger partial charge in [-0.2, -0.15) is 13.2 Å². The SMILES string of the molecule is Nc1ccccc1C(=O)Nc1c(Br)cc(Br)c(S(F)(F)(F)(F)CCC(F)(F)F)c1Br. The molecule has 0 aliphatic carbocycles. The van der Waals surface area contributed by atoms with Crippen LogP contribution in [0.1, 0.15) is 16.8 Å². The smallest absolute Gasteiger partial charge is 0.390 e. The Morgan fingerprint density at radius 2 is 1.60 bits per heavy atom. The summed E-state index contributed by atoms with van der Waals surface area (Å²) in [7, 11) is -9.43. The molecule has 0 fully saturated rings. The minimum absolute atomic E-state index is 0.0342. The van der Waals surface area contributed by atoms with E-state index in [0.717, 1.165) is 6.07 Å². The molecule has 0 heterocycles. The molecule has 2 aromatic rings. The Morgan fingerprint density at radius 1 is 1.03 bits per heavy atom. The number of hydrogen-bond donors (Lipinski definition) is 2. The minimum atomic E-state index is -9.43. The summed E-state index contributed by atoms with van der Waals surface area (Å²) < 4.78 is 94.2. The average molecular weight is 653 g/mol. The summed E-state index contributed by atoms with van der Waals surface area (Å²) in [5.41, 5.74) is 5.11. The number of rotatable bonds is 5. The first kappa shape index (κ1) is 25.3. The van der Waals surface area contributed by atoms with Gasteiger partial charge in [0, 0.05) is 14.6 Å². The van der Waals surface area contributed by atoms with Gasteiger partial charge in [0.1, 0.15) is 4.90 Å². The first-order chi connectivity index (χ1) is 13.3. The molecular weight excluding hydrogens is 641 g/mol. The topological polar surface area (TPSA) is 55.1 Å². The number of nitrogen functional groups attached to an aromatic ring is 1. The van der Waals surface area contributed by atoms with Gasteiger partial charge < -0.3 is 11.1 Å². The molecule has 0 aliphatic rings. The third kappa shape index (κ3) is 5.62. The zero-order valence-electron chi connectivity index (χ0n) is 14.5. The fourth-order valence-electron chi connectivity index (χ4n) is 2.41. The van der Waals surface area contributed by atoms with E-state index < -0.39 is 53.6 Å². The van der Waals surface area contributed by atoms with Gasteiger partial charge in [0.15, 0.2) is 9.84 Å². The number of amides is 1. The Kier molecular flexibility index (Phi) is 6.36. The molecule has 0 unspecified atom stereocenters. The molecule has 0 saturated heterocycles. The standard InChI is InChI=1S/C16H12Br3F7N2OS/c17-9-7-10(18)14(30(23,24,25,26)6-5-16(20,21)22)12(19)13(9)28-15(29)8-3-1-2-4-11(8)27/h1-4,7H,5-6,27H2,(H,28,29). The van der Waals surface area contributed by atoms with Crippen LogP contribution in [-0.2, 0) is 0 Å². The highest BCUT2D eigenvalue weighted by molar-refractivity contribution is 9.11. The Balaban J connectivity index is 2.61. The number of alkyl halides is 3. The summed E-state index contributed by atoms with van der Waals surface area (Å²) in [5, 5.41) is 2.18. The maximum Gasteiger partial charge on any atom is 0.390 e. The molecule has 168 valence electrons. The van der Waals surface area contributed by atoms with Crippen molar-refractivity contribution in [1.29, 1.82) is 0 Å². The molecule has 30 heavy (non-hydrogen) atoms. The Bertz CT molecular complexity index is 1020. The molecule has 0 radical (unpaired) electrons. The lowest BCUT2D eigenvalue weighted by molar-refractivity contribution is -0.130.